The first-order chi connectivity index (χ1) is 14.4. The number of benzene rings is 1. The van der Waals surface area contributed by atoms with E-state index in [0.717, 1.165) is 22.3 Å². The van der Waals surface area contributed by atoms with Crippen molar-refractivity contribution in [3.63, 3.8) is 0 Å². The minimum Gasteiger partial charge on any atom is -0.461 e. The molecule has 5 rings (SSSR count). The monoisotopic (exact) mass is 422 g/mol. The summed E-state index contributed by atoms with van der Waals surface area (Å²) in [6, 6.07) is 13.9. The quantitative estimate of drug-likeness (QED) is 0.340. The second-order valence-corrected chi connectivity index (χ2v) is 9.09. The van der Waals surface area contributed by atoms with Crippen LogP contribution in [-0.4, -0.2) is 19.7 Å². The van der Waals surface area contributed by atoms with Gasteiger partial charge in [-0.2, -0.15) is 0 Å². The molecule has 7 heteroatoms. The molecule has 5 nitrogen and oxygen atoms in total. The first kappa shape index (κ1) is 18.6. The molecule has 0 bridgehead atoms. The molecule has 0 spiro atoms. The maximum Gasteiger partial charge on any atom is 0.205 e. The van der Waals surface area contributed by atoms with Crippen LogP contribution in [0, 0.1) is 0 Å². The van der Waals surface area contributed by atoms with Crippen LogP contribution in [0.25, 0.3) is 17.3 Å². The second-order valence-electron chi connectivity index (χ2n) is 7.26. The maximum atomic E-state index is 5.59. The number of aromatic nitrogens is 4. The van der Waals surface area contributed by atoms with Crippen molar-refractivity contribution in [1.82, 2.24) is 19.7 Å². The van der Waals surface area contributed by atoms with Crippen molar-refractivity contribution in [2.75, 3.05) is 0 Å². The van der Waals surface area contributed by atoms with Crippen LogP contribution < -0.4 is 0 Å². The van der Waals surface area contributed by atoms with E-state index >= 15 is 0 Å². The van der Waals surface area contributed by atoms with Crippen LogP contribution in [0.3, 0.4) is 0 Å². The van der Waals surface area contributed by atoms with E-state index in [2.05, 4.69) is 32.3 Å². The topological polar surface area (TPSA) is 56.7 Å². The Kier molecular flexibility index (Phi) is 5.49. The van der Waals surface area contributed by atoms with E-state index in [9.17, 15) is 0 Å². The van der Waals surface area contributed by atoms with E-state index in [0.29, 0.717) is 17.5 Å². The Labute approximate surface area is 178 Å². The second kappa shape index (κ2) is 8.55. The molecule has 3 aromatic heterocycles. The highest BCUT2D eigenvalue weighted by molar-refractivity contribution is 7.98. The molecule has 0 unspecified atom stereocenters. The number of thiazole rings is 1. The first-order valence-corrected chi connectivity index (χ1v) is 11.9. The Morgan fingerprint density at radius 2 is 1.90 bits per heavy atom. The van der Waals surface area contributed by atoms with E-state index in [-0.39, 0.29) is 0 Å². The summed E-state index contributed by atoms with van der Waals surface area (Å²) in [5.41, 5.74) is 2.15. The van der Waals surface area contributed by atoms with E-state index in [1.807, 2.05) is 41.7 Å². The van der Waals surface area contributed by atoms with Crippen molar-refractivity contribution in [2.45, 2.75) is 48.9 Å². The van der Waals surface area contributed by atoms with Crippen LogP contribution in [0.4, 0.5) is 0 Å². The lowest BCUT2D eigenvalue weighted by Crippen LogP contribution is -2.04. The van der Waals surface area contributed by atoms with Crippen molar-refractivity contribution in [3.05, 3.63) is 64.8 Å². The number of hydrogen-bond donors (Lipinski definition) is 0. The third-order valence-electron chi connectivity index (χ3n) is 5.26. The van der Waals surface area contributed by atoms with Gasteiger partial charge in [0, 0.05) is 22.7 Å². The summed E-state index contributed by atoms with van der Waals surface area (Å²) < 4.78 is 7.64. The number of nitrogens with zero attached hydrogens (tertiary/aromatic N) is 4. The molecule has 1 aromatic carbocycles. The average molecular weight is 423 g/mol. The predicted octanol–water partition coefficient (Wildman–Crippen LogP) is 6.32. The van der Waals surface area contributed by atoms with Gasteiger partial charge in [0.15, 0.2) is 10.9 Å². The summed E-state index contributed by atoms with van der Waals surface area (Å²) in [6.07, 6.45) is 8.28. The number of furan rings is 1. The smallest absolute Gasteiger partial charge is 0.205 e. The molecule has 1 fully saturated rings. The Morgan fingerprint density at radius 3 is 2.69 bits per heavy atom. The zero-order chi connectivity index (χ0) is 19.5. The van der Waals surface area contributed by atoms with E-state index in [1.54, 1.807) is 18.0 Å². The number of rotatable bonds is 6. The van der Waals surface area contributed by atoms with Crippen LogP contribution in [0.2, 0.25) is 0 Å². The van der Waals surface area contributed by atoms with E-state index in [1.165, 1.54) is 37.1 Å². The number of thioether (sulfide) groups is 1. The van der Waals surface area contributed by atoms with Gasteiger partial charge in [-0.15, -0.1) is 21.5 Å². The van der Waals surface area contributed by atoms with Gasteiger partial charge in [-0.05, 0) is 37.1 Å². The lowest BCUT2D eigenvalue weighted by molar-refractivity contribution is 0.442. The third kappa shape index (κ3) is 4.02. The summed E-state index contributed by atoms with van der Waals surface area (Å²) in [6.45, 7) is 0. The number of hydrogen-bond acceptors (Lipinski definition) is 6. The van der Waals surface area contributed by atoms with Crippen LogP contribution in [0.5, 0.6) is 0 Å². The summed E-state index contributed by atoms with van der Waals surface area (Å²) in [5.74, 6) is 2.86. The fourth-order valence-electron chi connectivity index (χ4n) is 3.80. The third-order valence-corrected chi connectivity index (χ3v) is 7.28. The maximum absolute atomic E-state index is 5.59. The van der Waals surface area contributed by atoms with Crippen LogP contribution in [0.15, 0.2) is 63.7 Å². The Morgan fingerprint density at radius 1 is 1.03 bits per heavy atom. The Bertz CT molecular complexity index is 1050. The molecule has 3 heterocycles. The molecule has 1 saturated carbocycles. The van der Waals surface area contributed by atoms with Gasteiger partial charge in [-0.25, -0.2) is 4.98 Å². The lowest BCUT2D eigenvalue weighted by atomic mass is 9.90. The van der Waals surface area contributed by atoms with Gasteiger partial charge in [-0.1, -0.05) is 49.2 Å². The van der Waals surface area contributed by atoms with Gasteiger partial charge in [0.05, 0.1) is 17.0 Å². The highest BCUT2D eigenvalue weighted by atomic mass is 32.2. The molecule has 1 aliphatic rings. The van der Waals surface area contributed by atoms with E-state index < -0.39 is 0 Å². The van der Waals surface area contributed by atoms with Gasteiger partial charge >= 0.3 is 0 Å². The molecule has 0 atom stereocenters. The fourth-order valence-corrected chi connectivity index (χ4v) is 5.74. The van der Waals surface area contributed by atoms with Crippen molar-refractivity contribution in [2.24, 2.45) is 0 Å². The number of para-hydroxylation sites is 1. The van der Waals surface area contributed by atoms with Crippen LogP contribution in [-0.2, 0) is 5.75 Å². The van der Waals surface area contributed by atoms with Crippen molar-refractivity contribution in [1.29, 1.82) is 0 Å². The highest BCUT2D eigenvalue weighted by Crippen LogP contribution is 2.35. The minimum absolute atomic E-state index is 0.658. The van der Waals surface area contributed by atoms with Crippen LogP contribution >= 0.6 is 23.1 Å². The normalized spacial score (nSPS) is 15.0. The van der Waals surface area contributed by atoms with E-state index in [4.69, 9.17) is 9.40 Å². The largest absolute Gasteiger partial charge is 0.461 e. The zero-order valence-electron chi connectivity index (χ0n) is 16.0. The molecule has 0 amide bonds. The standard InChI is InChI=1S/C22H22N4OS2/c1-3-8-16(9-4-1)21-23-17(14-28-21)15-29-22-25-24-20(19-12-7-13-27-19)26(22)18-10-5-2-6-11-18/h2,5-7,10-14,16H,1,3-4,8-9,15H2. The molecule has 0 saturated heterocycles. The van der Waals surface area contributed by atoms with Crippen molar-refractivity contribution < 1.29 is 4.42 Å². The summed E-state index contributed by atoms with van der Waals surface area (Å²) >= 11 is 3.48. The molecule has 29 heavy (non-hydrogen) atoms. The molecule has 0 N–H and O–H groups in total. The van der Waals surface area contributed by atoms with Crippen molar-refractivity contribution in [3.8, 4) is 17.3 Å². The highest BCUT2D eigenvalue weighted by Gasteiger charge is 2.20. The summed E-state index contributed by atoms with van der Waals surface area (Å²) in [7, 11) is 0. The van der Waals surface area contributed by atoms with Gasteiger partial charge in [0.25, 0.3) is 0 Å². The van der Waals surface area contributed by atoms with Crippen LogP contribution in [0.1, 0.15) is 48.7 Å². The average Bonchev–Trinajstić information content (AvgIpc) is 3.54. The Balaban J connectivity index is 1.38. The van der Waals surface area contributed by atoms with Crippen molar-refractivity contribution >= 4 is 23.1 Å². The van der Waals surface area contributed by atoms with Gasteiger partial charge in [-0.3, -0.25) is 4.57 Å². The molecule has 0 radical (unpaired) electrons. The van der Waals surface area contributed by atoms with Gasteiger partial charge in [0.2, 0.25) is 5.82 Å². The molecule has 148 valence electrons. The molecule has 4 aromatic rings. The molecular formula is C22H22N4OS2. The minimum atomic E-state index is 0.658. The SMILES string of the molecule is c1ccc(-n2c(SCc3csc(C4CCCCC4)n3)nnc2-c2ccco2)cc1. The lowest BCUT2D eigenvalue weighted by Gasteiger charge is -2.18. The Hall–Kier alpha value is -2.38. The zero-order valence-corrected chi connectivity index (χ0v) is 17.7. The first-order valence-electron chi connectivity index (χ1n) is 10.0. The van der Waals surface area contributed by atoms with Gasteiger partial charge < -0.3 is 4.42 Å². The summed E-state index contributed by atoms with van der Waals surface area (Å²) in [4.78, 5) is 4.93. The molecule has 0 aliphatic heterocycles. The molecule has 1 aliphatic carbocycles. The summed E-state index contributed by atoms with van der Waals surface area (Å²) in [5, 5.41) is 13.2. The molecular weight excluding hydrogens is 400 g/mol. The van der Waals surface area contributed by atoms with Gasteiger partial charge in [0.1, 0.15) is 0 Å². The predicted molar refractivity (Wildman–Crippen MR) is 117 cm³/mol. The fraction of sp³-hybridized carbons (Fsp3) is 0.318.